The number of benzene rings is 2. The first kappa shape index (κ1) is 24.0. The number of nitro groups is 1. The molecule has 3 rings (SSSR count). The minimum absolute atomic E-state index is 0.156. The number of fused-ring (bicyclic) bond motifs is 1. The van der Waals surface area contributed by atoms with E-state index in [-0.39, 0.29) is 41.9 Å². The molecule has 1 aliphatic heterocycles. The zero-order valence-corrected chi connectivity index (χ0v) is 18.9. The molecule has 2 aromatic carbocycles. The second-order valence-corrected chi connectivity index (χ2v) is 9.46. The van der Waals surface area contributed by atoms with E-state index in [0.717, 1.165) is 6.26 Å². The van der Waals surface area contributed by atoms with Crippen LogP contribution in [0, 0.1) is 10.1 Å². The molecule has 0 radical (unpaired) electrons. The Bertz CT molecular complexity index is 1180. The molecule has 0 N–H and O–H groups in total. The Balaban J connectivity index is 1.56. The van der Waals surface area contributed by atoms with E-state index < -0.39 is 20.7 Å². The lowest BCUT2D eigenvalue weighted by Crippen LogP contribution is -2.45. The van der Waals surface area contributed by atoms with Crippen LogP contribution in [0.1, 0.15) is 6.42 Å². The van der Waals surface area contributed by atoms with E-state index in [9.17, 15) is 28.1 Å². The molecule has 0 atom stereocenters. The Morgan fingerprint density at radius 1 is 1.27 bits per heavy atom. The van der Waals surface area contributed by atoms with Crippen molar-refractivity contribution in [1.29, 1.82) is 0 Å². The Hall–Kier alpha value is -3.67. The first-order valence-corrected chi connectivity index (χ1v) is 11.8. The molecule has 33 heavy (non-hydrogen) atoms. The van der Waals surface area contributed by atoms with Gasteiger partial charge >= 0.3 is 0 Å². The van der Waals surface area contributed by atoms with Crippen LogP contribution in [0.25, 0.3) is 0 Å². The number of likely N-dealkylation sites (N-methyl/N-ethyl adjacent to an activating group) is 1. The zero-order valence-electron chi connectivity index (χ0n) is 18.1. The second kappa shape index (κ2) is 9.86. The third-order valence-electron chi connectivity index (χ3n) is 4.96. The minimum atomic E-state index is -3.34. The molecule has 0 aromatic heterocycles. The van der Waals surface area contributed by atoms with E-state index in [1.54, 1.807) is 19.2 Å². The molecule has 12 heteroatoms. The molecule has 176 valence electrons. The number of anilines is 1. The Morgan fingerprint density at radius 3 is 2.73 bits per heavy atom. The topological polar surface area (TPSA) is 136 Å². The molecular weight excluding hydrogens is 454 g/mol. The molecule has 11 nitrogen and oxygen atoms in total. The number of ether oxygens (including phenoxy) is 2. The van der Waals surface area contributed by atoms with E-state index in [0.29, 0.717) is 24.5 Å². The van der Waals surface area contributed by atoms with Gasteiger partial charge in [-0.05, 0) is 30.7 Å². The lowest BCUT2D eigenvalue weighted by molar-refractivity contribution is -0.384. The SMILES string of the molecule is CN(CCCOc1cccc(S(C)(=O)=O)c1)C(=O)CN1C(=O)COc2ccc([N+](=O)[O-])cc21. The standard InChI is InChI=1S/C21H23N3O8S/c1-22(9-4-10-31-16-5-3-6-17(12-16)33(2,29)30)20(25)13-23-18-11-15(24(27)28)7-8-19(18)32-14-21(23)26/h3,5-8,11-12H,4,9-10,13-14H2,1-2H3. The van der Waals surface area contributed by atoms with Crippen LogP contribution in [0.15, 0.2) is 47.4 Å². The number of amides is 2. The Kier molecular flexibility index (Phi) is 7.16. The predicted molar refractivity (Wildman–Crippen MR) is 118 cm³/mol. The average molecular weight is 477 g/mol. The summed E-state index contributed by atoms with van der Waals surface area (Å²) in [5.74, 6) is -0.134. The van der Waals surface area contributed by atoms with Gasteiger partial charge in [-0.1, -0.05) is 6.07 Å². The summed E-state index contributed by atoms with van der Waals surface area (Å²) in [6.07, 6.45) is 1.58. The fourth-order valence-electron chi connectivity index (χ4n) is 3.14. The highest BCUT2D eigenvalue weighted by atomic mass is 32.2. The molecule has 2 aromatic rings. The van der Waals surface area contributed by atoms with Crippen LogP contribution in [0.5, 0.6) is 11.5 Å². The Morgan fingerprint density at radius 2 is 2.03 bits per heavy atom. The molecule has 2 amide bonds. The van der Waals surface area contributed by atoms with Gasteiger partial charge in [0.1, 0.15) is 18.0 Å². The summed E-state index contributed by atoms with van der Waals surface area (Å²) in [7, 11) is -1.76. The van der Waals surface area contributed by atoms with Crippen LogP contribution in [0.2, 0.25) is 0 Å². The first-order chi connectivity index (χ1) is 15.6. The monoisotopic (exact) mass is 477 g/mol. The number of rotatable bonds is 9. The van der Waals surface area contributed by atoms with Crippen LogP contribution in [-0.2, 0) is 19.4 Å². The molecule has 0 fully saturated rings. The third kappa shape index (κ3) is 5.98. The molecule has 0 bridgehead atoms. The number of carbonyl (C=O) groups excluding carboxylic acids is 2. The van der Waals surface area contributed by atoms with Crippen molar-refractivity contribution in [1.82, 2.24) is 4.90 Å². The summed E-state index contributed by atoms with van der Waals surface area (Å²) < 4.78 is 34.1. The van der Waals surface area contributed by atoms with Gasteiger partial charge in [0.25, 0.3) is 11.6 Å². The number of hydrogen-bond acceptors (Lipinski definition) is 8. The van der Waals surface area contributed by atoms with Gasteiger partial charge in [-0.25, -0.2) is 8.42 Å². The summed E-state index contributed by atoms with van der Waals surface area (Å²) in [5.41, 5.74) is -0.0359. The first-order valence-electron chi connectivity index (χ1n) is 9.95. The van der Waals surface area contributed by atoms with Crippen molar-refractivity contribution in [2.24, 2.45) is 0 Å². The maximum atomic E-state index is 12.7. The molecular formula is C21H23N3O8S. The van der Waals surface area contributed by atoms with E-state index >= 15 is 0 Å². The summed E-state index contributed by atoms with van der Waals surface area (Å²) in [6, 6.07) is 10.0. The van der Waals surface area contributed by atoms with Crippen molar-refractivity contribution in [2.45, 2.75) is 11.3 Å². The largest absolute Gasteiger partial charge is 0.493 e. The summed E-state index contributed by atoms with van der Waals surface area (Å²) in [6.45, 7) is 0.0214. The highest BCUT2D eigenvalue weighted by molar-refractivity contribution is 7.90. The normalized spacial score (nSPS) is 13.2. The van der Waals surface area contributed by atoms with E-state index in [4.69, 9.17) is 9.47 Å². The fourth-order valence-corrected chi connectivity index (χ4v) is 3.80. The molecule has 0 unspecified atom stereocenters. The summed E-state index contributed by atoms with van der Waals surface area (Å²) in [4.78, 5) is 38.2. The van der Waals surface area contributed by atoms with Gasteiger partial charge in [0, 0.05) is 32.0 Å². The summed E-state index contributed by atoms with van der Waals surface area (Å²) >= 11 is 0. The predicted octanol–water partition coefficient (Wildman–Crippen LogP) is 1.65. The van der Waals surface area contributed by atoms with Gasteiger partial charge in [0.15, 0.2) is 16.4 Å². The maximum absolute atomic E-state index is 12.7. The third-order valence-corrected chi connectivity index (χ3v) is 6.07. The van der Waals surface area contributed by atoms with Crippen molar-refractivity contribution in [3.05, 3.63) is 52.6 Å². The molecule has 1 aliphatic rings. The number of hydrogen-bond donors (Lipinski definition) is 0. The lowest BCUT2D eigenvalue weighted by Gasteiger charge is -2.30. The molecule has 0 saturated heterocycles. The highest BCUT2D eigenvalue weighted by Crippen LogP contribution is 2.35. The molecule has 1 heterocycles. The number of non-ortho nitro benzene ring substituents is 1. The van der Waals surface area contributed by atoms with Crippen LogP contribution in [-0.4, -0.2) is 69.7 Å². The quantitative estimate of drug-likeness (QED) is 0.302. The van der Waals surface area contributed by atoms with Crippen LogP contribution >= 0.6 is 0 Å². The number of carbonyl (C=O) groups is 2. The van der Waals surface area contributed by atoms with Gasteiger partial charge in [0.2, 0.25) is 5.91 Å². The average Bonchev–Trinajstić information content (AvgIpc) is 2.77. The highest BCUT2D eigenvalue weighted by Gasteiger charge is 2.30. The van der Waals surface area contributed by atoms with Crippen LogP contribution in [0.4, 0.5) is 11.4 Å². The minimum Gasteiger partial charge on any atom is -0.493 e. The van der Waals surface area contributed by atoms with Crippen molar-refractivity contribution in [3.63, 3.8) is 0 Å². The number of nitro benzene ring substituents is 1. The molecule has 0 aliphatic carbocycles. The van der Waals surface area contributed by atoms with Gasteiger partial charge in [-0.2, -0.15) is 0 Å². The fraction of sp³-hybridized carbons (Fsp3) is 0.333. The molecule has 0 saturated carbocycles. The van der Waals surface area contributed by atoms with E-state index in [1.807, 2.05) is 0 Å². The van der Waals surface area contributed by atoms with Crippen molar-refractivity contribution in [3.8, 4) is 11.5 Å². The smallest absolute Gasteiger partial charge is 0.271 e. The van der Waals surface area contributed by atoms with Gasteiger partial charge < -0.3 is 14.4 Å². The van der Waals surface area contributed by atoms with Crippen molar-refractivity contribution < 1.29 is 32.4 Å². The lowest BCUT2D eigenvalue weighted by atomic mass is 10.2. The van der Waals surface area contributed by atoms with E-state index in [1.165, 1.54) is 40.1 Å². The van der Waals surface area contributed by atoms with Gasteiger partial charge in [-0.15, -0.1) is 0 Å². The zero-order chi connectivity index (χ0) is 24.2. The van der Waals surface area contributed by atoms with Crippen molar-refractivity contribution >= 4 is 33.0 Å². The Labute approximate surface area is 190 Å². The number of sulfone groups is 1. The van der Waals surface area contributed by atoms with Gasteiger partial charge in [-0.3, -0.25) is 24.6 Å². The van der Waals surface area contributed by atoms with Crippen LogP contribution < -0.4 is 14.4 Å². The number of nitrogens with zero attached hydrogens (tertiary/aromatic N) is 3. The van der Waals surface area contributed by atoms with Gasteiger partial charge in [0.05, 0.1) is 22.1 Å². The van der Waals surface area contributed by atoms with Crippen molar-refractivity contribution in [2.75, 3.05) is 44.5 Å². The molecule has 0 spiro atoms. The summed E-state index contributed by atoms with van der Waals surface area (Å²) in [5, 5.41) is 11.1. The maximum Gasteiger partial charge on any atom is 0.271 e. The van der Waals surface area contributed by atoms with E-state index in [2.05, 4.69) is 0 Å². The second-order valence-electron chi connectivity index (χ2n) is 7.44. The van der Waals surface area contributed by atoms with Crippen LogP contribution in [0.3, 0.4) is 0 Å².